The molecule has 36 heavy (non-hydrogen) atoms. The number of carboxylic acid groups (broad SMARTS) is 1. The van der Waals surface area contributed by atoms with Crippen LogP contribution >= 0.6 is 58.2 Å². The molecule has 0 unspecified atom stereocenters. The third-order valence-electron chi connectivity index (χ3n) is 4.75. The highest BCUT2D eigenvalue weighted by Crippen LogP contribution is 2.41. The predicted octanol–water partition coefficient (Wildman–Crippen LogP) is 7.18. The number of nitrogens with one attached hydrogen (secondary N) is 2. The van der Waals surface area contributed by atoms with Crippen molar-refractivity contribution in [3.8, 4) is 0 Å². The van der Waals surface area contributed by atoms with Gasteiger partial charge in [-0.1, -0.05) is 52.5 Å². The van der Waals surface area contributed by atoms with E-state index in [1.807, 2.05) is 0 Å². The first-order valence-electron chi connectivity index (χ1n) is 10.0. The lowest BCUT2D eigenvalue weighted by Gasteiger charge is -2.14. The summed E-state index contributed by atoms with van der Waals surface area (Å²) in [7, 11) is 0. The molecule has 3 N–H and O–H groups in total. The Hall–Kier alpha value is -2.75. The van der Waals surface area contributed by atoms with Crippen LogP contribution in [0.15, 0.2) is 53.4 Å². The number of thioether (sulfide) groups is 1. The van der Waals surface area contributed by atoms with E-state index in [0.717, 1.165) is 0 Å². The molecule has 0 saturated carbocycles. The molecule has 0 aliphatic rings. The summed E-state index contributed by atoms with van der Waals surface area (Å²) in [6.45, 7) is 1.46. The van der Waals surface area contributed by atoms with Crippen LogP contribution < -0.4 is 10.6 Å². The number of rotatable bonds is 8. The van der Waals surface area contributed by atoms with Gasteiger partial charge in [-0.3, -0.25) is 14.4 Å². The van der Waals surface area contributed by atoms with Crippen molar-refractivity contribution in [3.63, 3.8) is 0 Å². The molecule has 3 aromatic rings. The Morgan fingerprint density at radius 1 is 0.806 bits per heavy atom. The van der Waals surface area contributed by atoms with Gasteiger partial charge in [0.1, 0.15) is 0 Å². The zero-order chi connectivity index (χ0) is 26.6. The Morgan fingerprint density at radius 3 is 2.00 bits per heavy atom. The molecule has 186 valence electrons. The summed E-state index contributed by atoms with van der Waals surface area (Å²) in [5, 5.41) is 13.6. The highest BCUT2D eigenvalue weighted by Gasteiger charge is 2.29. The summed E-state index contributed by atoms with van der Waals surface area (Å²) in [5.41, 5.74) is 0.405. The normalized spacial score (nSPS) is 10.6. The van der Waals surface area contributed by atoms with Gasteiger partial charge in [-0.15, -0.1) is 11.8 Å². The molecular weight excluding hydrogens is 570 g/mol. The molecule has 7 nitrogen and oxygen atoms in total. The van der Waals surface area contributed by atoms with Gasteiger partial charge in [-0.2, -0.15) is 0 Å². The average molecular weight is 586 g/mol. The van der Waals surface area contributed by atoms with E-state index in [4.69, 9.17) is 46.4 Å². The molecule has 3 aromatic carbocycles. The van der Waals surface area contributed by atoms with Crippen molar-refractivity contribution in [2.45, 2.75) is 11.8 Å². The number of benzene rings is 3. The fourth-order valence-corrected chi connectivity index (χ4v) is 4.81. The molecule has 0 fully saturated rings. The van der Waals surface area contributed by atoms with E-state index >= 15 is 0 Å². The molecule has 0 saturated heterocycles. The van der Waals surface area contributed by atoms with Gasteiger partial charge in [0.15, 0.2) is 5.78 Å². The monoisotopic (exact) mass is 584 g/mol. The Labute approximate surface area is 230 Å². The third-order valence-corrected chi connectivity index (χ3v) is 7.54. The quantitative estimate of drug-likeness (QED) is 0.112. The van der Waals surface area contributed by atoms with E-state index < -0.39 is 28.0 Å². The van der Waals surface area contributed by atoms with Gasteiger partial charge in [-0.05, 0) is 49.4 Å². The second-order valence-corrected chi connectivity index (χ2v) is 9.82. The average Bonchev–Trinajstić information content (AvgIpc) is 2.83. The first kappa shape index (κ1) is 27.8. The van der Waals surface area contributed by atoms with Crippen molar-refractivity contribution < 1.29 is 24.3 Å². The molecule has 0 bridgehead atoms. The number of carbonyl (C=O) groups is 4. The number of anilines is 2. The molecule has 2 amide bonds. The van der Waals surface area contributed by atoms with E-state index in [-0.39, 0.29) is 32.5 Å². The van der Waals surface area contributed by atoms with Gasteiger partial charge in [0.25, 0.3) is 5.91 Å². The van der Waals surface area contributed by atoms with Gasteiger partial charge in [0.2, 0.25) is 5.91 Å². The highest BCUT2D eigenvalue weighted by atomic mass is 35.5. The number of carboxylic acids is 1. The van der Waals surface area contributed by atoms with E-state index in [0.29, 0.717) is 21.8 Å². The molecule has 12 heteroatoms. The van der Waals surface area contributed by atoms with Crippen LogP contribution in [-0.4, -0.2) is 34.4 Å². The molecule has 0 aliphatic carbocycles. The minimum Gasteiger partial charge on any atom is -0.478 e. The standard InChI is InChI=1S/C24H16Cl4N2O5S/c1-11(31)12-5-7-13(8-6-12)29-16(32)10-36-15-4-2-3-14(9-15)30-23(33)17-18(24(34)35)20(26)22(28)21(27)19(17)25/h2-9H,10H2,1H3,(H,29,32)(H,30,33)(H,34,35). The lowest BCUT2D eigenvalue weighted by molar-refractivity contribution is -0.113. The zero-order valence-corrected chi connectivity index (χ0v) is 22.2. The van der Waals surface area contributed by atoms with Crippen molar-refractivity contribution in [1.82, 2.24) is 0 Å². The Kier molecular flexibility index (Phi) is 9.27. The zero-order valence-electron chi connectivity index (χ0n) is 18.3. The number of hydrogen-bond acceptors (Lipinski definition) is 5. The van der Waals surface area contributed by atoms with Gasteiger partial charge < -0.3 is 15.7 Å². The summed E-state index contributed by atoms with van der Waals surface area (Å²) in [6, 6.07) is 13.1. The number of halogens is 4. The fraction of sp³-hybridized carbons (Fsp3) is 0.0833. The summed E-state index contributed by atoms with van der Waals surface area (Å²) in [5.74, 6) is -2.63. The van der Waals surface area contributed by atoms with Crippen LogP contribution in [-0.2, 0) is 4.79 Å². The van der Waals surface area contributed by atoms with Crippen molar-refractivity contribution in [3.05, 3.63) is 85.3 Å². The Morgan fingerprint density at radius 2 is 1.42 bits per heavy atom. The fourth-order valence-electron chi connectivity index (χ4n) is 3.04. The van der Waals surface area contributed by atoms with Crippen molar-refractivity contribution in [2.24, 2.45) is 0 Å². The first-order valence-corrected chi connectivity index (χ1v) is 12.5. The highest BCUT2D eigenvalue weighted by molar-refractivity contribution is 8.00. The third kappa shape index (κ3) is 6.52. The lowest BCUT2D eigenvalue weighted by Crippen LogP contribution is -2.18. The minimum atomic E-state index is -1.50. The van der Waals surface area contributed by atoms with Gasteiger partial charge >= 0.3 is 5.97 Å². The van der Waals surface area contributed by atoms with Crippen LogP contribution in [0.5, 0.6) is 0 Å². The van der Waals surface area contributed by atoms with Crippen molar-refractivity contribution in [2.75, 3.05) is 16.4 Å². The molecule has 0 atom stereocenters. The maximum atomic E-state index is 12.9. The van der Waals surface area contributed by atoms with Gasteiger partial charge in [-0.25, -0.2) is 4.79 Å². The maximum absolute atomic E-state index is 12.9. The number of carbonyl (C=O) groups excluding carboxylic acids is 3. The lowest BCUT2D eigenvalue weighted by atomic mass is 10.1. The molecule has 0 aliphatic heterocycles. The molecule has 3 rings (SSSR count). The Bertz CT molecular complexity index is 1380. The molecule has 0 radical (unpaired) electrons. The van der Waals surface area contributed by atoms with Crippen LogP contribution in [0, 0.1) is 0 Å². The molecule has 0 aromatic heterocycles. The van der Waals surface area contributed by atoms with Gasteiger partial charge in [0.05, 0.1) is 37.0 Å². The van der Waals surface area contributed by atoms with Crippen LogP contribution in [0.4, 0.5) is 11.4 Å². The molecule has 0 spiro atoms. The van der Waals surface area contributed by atoms with Gasteiger partial charge in [0, 0.05) is 21.8 Å². The number of hydrogen-bond donors (Lipinski definition) is 3. The maximum Gasteiger partial charge on any atom is 0.338 e. The first-order chi connectivity index (χ1) is 17.0. The van der Waals surface area contributed by atoms with Crippen LogP contribution in [0.25, 0.3) is 0 Å². The second kappa shape index (κ2) is 12.0. The van der Waals surface area contributed by atoms with E-state index in [9.17, 15) is 24.3 Å². The van der Waals surface area contributed by atoms with E-state index in [1.54, 1.807) is 48.5 Å². The topological polar surface area (TPSA) is 113 Å². The number of amides is 2. The summed E-state index contributed by atoms with van der Waals surface area (Å²) >= 11 is 25.3. The smallest absolute Gasteiger partial charge is 0.338 e. The van der Waals surface area contributed by atoms with Crippen LogP contribution in [0.1, 0.15) is 38.0 Å². The summed E-state index contributed by atoms with van der Waals surface area (Å²) in [4.78, 5) is 48.9. The van der Waals surface area contributed by atoms with Crippen LogP contribution in [0.2, 0.25) is 20.1 Å². The summed E-state index contributed by atoms with van der Waals surface area (Å²) in [6.07, 6.45) is 0. The largest absolute Gasteiger partial charge is 0.478 e. The van der Waals surface area contributed by atoms with Crippen molar-refractivity contribution in [1.29, 1.82) is 0 Å². The van der Waals surface area contributed by atoms with E-state index in [2.05, 4.69) is 10.6 Å². The molecular formula is C24H16Cl4N2O5S. The minimum absolute atomic E-state index is 0.0703. The second-order valence-electron chi connectivity index (χ2n) is 7.26. The SMILES string of the molecule is CC(=O)c1ccc(NC(=O)CSc2cccc(NC(=O)c3c(Cl)c(Cl)c(Cl)c(Cl)c3C(=O)O)c2)cc1. The predicted molar refractivity (Wildman–Crippen MR) is 144 cm³/mol. The number of aromatic carboxylic acids is 1. The van der Waals surface area contributed by atoms with Crippen molar-refractivity contribution >= 4 is 93.1 Å². The van der Waals surface area contributed by atoms with Crippen LogP contribution in [0.3, 0.4) is 0 Å². The Balaban J connectivity index is 1.70. The number of ketones is 1. The van der Waals surface area contributed by atoms with E-state index in [1.165, 1.54) is 18.7 Å². The summed E-state index contributed by atoms with van der Waals surface area (Å²) < 4.78 is 0. The molecule has 0 heterocycles. The number of Topliss-reactive ketones (excluding diaryl/α,β-unsaturated/α-hetero) is 1.